The molecule has 1 unspecified atom stereocenters. The van der Waals surface area contributed by atoms with Crippen molar-refractivity contribution in [3.8, 4) is 11.5 Å². The van der Waals surface area contributed by atoms with E-state index in [-0.39, 0.29) is 18.4 Å². The first kappa shape index (κ1) is 20.9. The predicted octanol–water partition coefficient (Wildman–Crippen LogP) is 5.17. The van der Waals surface area contributed by atoms with E-state index in [1.807, 2.05) is 29.6 Å². The maximum atomic E-state index is 12.8. The number of amides is 1. The number of ether oxygens (including phenoxy) is 2. The minimum absolute atomic E-state index is 0.0340. The van der Waals surface area contributed by atoms with Crippen molar-refractivity contribution < 1.29 is 14.3 Å². The van der Waals surface area contributed by atoms with Crippen LogP contribution < -0.4 is 14.8 Å². The second kappa shape index (κ2) is 10.1. The van der Waals surface area contributed by atoms with Crippen molar-refractivity contribution in [3.63, 3.8) is 0 Å². The summed E-state index contributed by atoms with van der Waals surface area (Å²) in [7, 11) is 3.19. The maximum Gasteiger partial charge on any atom is 0.225 e. The molecule has 0 aliphatic heterocycles. The molecule has 5 heteroatoms. The molecule has 3 aromatic rings. The van der Waals surface area contributed by atoms with Crippen molar-refractivity contribution >= 4 is 17.2 Å². The van der Waals surface area contributed by atoms with Crippen molar-refractivity contribution in [2.45, 2.75) is 32.2 Å². The van der Waals surface area contributed by atoms with Crippen LogP contribution in [0.5, 0.6) is 11.5 Å². The molecule has 0 fully saturated rings. The van der Waals surface area contributed by atoms with Gasteiger partial charge in [0, 0.05) is 4.88 Å². The van der Waals surface area contributed by atoms with Gasteiger partial charge in [0.15, 0.2) is 11.5 Å². The van der Waals surface area contributed by atoms with E-state index >= 15 is 0 Å². The molecule has 0 spiro atoms. The van der Waals surface area contributed by atoms with Crippen molar-refractivity contribution in [2.24, 2.45) is 0 Å². The zero-order chi connectivity index (χ0) is 20.6. The molecule has 29 heavy (non-hydrogen) atoms. The maximum absolute atomic E-state index is 12.8. The highest BCUT2D eigenvalue weighted by molar-refractivity contribution is 7.10. The Bertz CT molecular complexity index is 920. The molecule has 1 heterocycles. The molecule has 152 valence electrons. The molecule has 1 aromatic heterocycles. The summed E-state index contributed by atoms with van der Waals surface area (Å²) in [6.45, 7) is 2.18. The third-order valence-electron chi connectivity index (χ3n) is 4.80. The first-order valence-electron chi connectivity index (χ1n) is 9.77. The molecule has 0 saturated heterocycles. The Morgan fingerprint density at radius 2 is 1.72 bits per heavy atom. The van der Waals surface area contributed by atoms with Gasteiger partial charge in [-0.1, -0.05) is 49.7 Å². The van der Waals surface area contributed by atoms with E-state index in [0.29, 0.717) is 11.5 Å². The summed E-state index contributed by atoms with van der Waals surface area (Å²) >= 11 is 1.65. The highest BCUT2D eigenvalue weighted by Crippen LogP contribution is 2.29. The fourth-order valence-electron chi connectivity index (χ4n) is 3.33. The van der Waals surface area contributed by atoms with Crippen LogP contribution in [0.2, 0.25) is 0 Å². The van der Waals surface area contributed by atoms with Crippen LogP contribution in [0.25, 0.3) is 0 Å². The third kappa shape index (κ3) is 5.39. The Morgan fingerprint density at radius 3 is 2.34 bits per heavy atom. The normalized spacial score (nSPS) is 11.7. The number of hydrogen-bond donors (Lipinski definition) is 1. The average molecular weight is 410 g/mol. The number of hydrogen-bond acceptors (Lipinski definition) is 4. The lowest BCUT2D eigenvalue weighted by Crippen LogP contribution is -2.30. The first-order chi connectivity index (χ1) is 14.1. The topological polar surface area (TPSA) is 47.6 Å². The van der Waals surface area contributed by atoms with Gasteiger partial charge in [0.2, 0.25) is 5.91 Å². The second-order valence-electron chi connectivity index (χ2n) is 6.87. The van der Waals surface area contributed by atoms with Gasteiger partial charge in [-0.2, -0.15) is 0 Å². The SMILES string of the molecule is CCCc1ccc(C(NC(=O)Cc2ccc(OC)c(OC)c2)c2cccs2)cc1. The molecule has 3 rings (SSSR count). The van der Waals surface area contributed by atoms with Crippen molar-refractivity contribution in [1.82, 2.24) is 5.32 Å². The van der Waals surface area contributed by atoms with Gasteiger partial charge in [0.1, 0.15) is 0 Å². The third-order valence-corrected chi connectivity index (χ3v) is 5.73. The summed E-state index contributed by atoms with van der Waals surface area (Å²) in [6.07, 6.45) is 2.46. The highest BCUT2D eigenvalue weighted by atomic mass is 32.1. The molecule has 1 N–H and O–H groups in total. The number of methoxy groups -OCH3 is 2. The zero-order valence-corrected chi connectivity index (χ0v) is 17.9. The summed E-state index contributed by atoms with van der Waals surface area (Å²) in [5.41, 5.74) is 3.29. The number of nitrogens with one attached hydrogen (secondary N) is 1. The standard InChI is InChI=1S/C24H27NO3S/c1-4-6-17-8-11-19(12-9-17)24(22-7-5-14-29-22)25-23(26)16-18-10-13-20(27-2)21(15-18)28-3/h5,7-15,24H,4,6,16H2,1-3H3,(H,25,26). The molecule has 0 saturated carbocycles. The molecule has 4 nitrogen and oxygen atoms in total. The van der Waals surface area contributed by atoms with Crippen molar-refractivity contribution in [3.05, 3.63) is 81.5 Å². The molecule has 0 radical (unpaired) electrons. The van der Waals surface area contributed by atoms with Crippen LogP contribution in [-0.4, -0.2) is 20.1 Å². The van der Waals surface area contributed by atoms with Gasteiger partial charge in [-0.25, -0.2) is 0 Å². The smallest absolute Gasteiger partial charge is 0.225 e. The van der Waals surface area contributed by atoms with Crippen LogP contribution in [0.1, 0.15) is 41.0 Å². The van der Waals surface area contributed by atoms with E-state index in [2.05, 4.69) is 42.6 Å². The van der Waals surface area contributed by atoms with E-state index in [0.717, 1.165) is 28.8 Å². The van der Waals surface area contributed by atoms with Gasteiger partial charge in [-0.05, 0) is 46.7 Å². The van der Waals surface area contributed by atoms with Crippen molar-refractivity contribution in [1.29, 1.82) is 0 Å². The lowest BCUT2D eigenvalue weighted by Gasteiger charge is -2.19. The number of rotatable bonds is 9. The Balaban J connectivity index is 1.77. The molecular weight excluding hydrogens is 382 g/mol. The number of carbonyl (C=O) groups excluding carboxylic acids is 1. The number of aryl methyl sites for hydroxylation is 1. The van der Waals surface area contributed by atoms with Gasteiger partial charge >= 0.3 is 0 Å². The monoisotopic (exact) mass is 409 g/mol. The lowest BCUT2D eigenvalue weighted by atomic mass is 10.0. The number of carbonyl (C=O) groups is 1. The van der Waals surface area contributed by atoms with E-state index in [9.17, 15) is 4.79 Å². The fourth-order valence-corrected chi connectivity index (χ4v) is 4.13. The molecular formula is C24H27NO3S. The lowest BCUT2D eigenvalue weighted by molar-refractivity contribution is -0.120. The summed E-state index contributed by atoms with van der Waals surface area (Å²) in [5.74, 6) is 1.24. The molecule has 0 aliphatic rings. The molecule has 0 bridgehead atoms. The largest absolute Gasteiger partial charge is 0.493 e. The average Bonchev–Trinajstić information content (AvgIpc) is 3.27. The minimum atomic E-state index is -0.154. The van der Waals surface area contributed by atoms with Crippen molar-refractivity contribution in [2.75, 3.05) is 14.2 Å². The number of benzene rings is 2. The Kier molecular flexibility index (Phi) is 7.30. The van der Waals surface area contributed by atoms with Crippen LogP contribution in [-0.2, 0) is 17.6 Å². The molecule has 1 atom stereocenters. The zero-order valence-electron chi connectivity index (χ0n) is 17.1. The minimum Gasteiger partial charge on any atom is -0.493 e. The highest BCUT2D eigenvalue weighted by Gasteiger charge is 2.18. The van der Waals surface area contributed by atoms with Gasteiger partial charge in [-0.15, -0.1) is 11.3 Å². The number of thiophene rings is 1. The molecule has 2 aromatic carbocycles. The van der Waals surface area contributed by atoms with Crippen LogP contribution in [0.3, 0.4) is 0 Å². The quantitative estimate of drug-likeness (QED) is 0.531. The van der Waals surface area contributed by atoms with Crippen LogP contribution in [0, 0.1) is 0 Å². The summed E-state index contributed by atoms with van der Waals surface area (Å²) < 4.78 is 10.6. The first-order valence-corrected chi connectivity index (χ1v) is 10.6. The van der Waals surface area contributed by atoms with Gasteiger partial charge in [-0.3, -0.25) is 4.79 Å². The van der Waals surface area contributed by atoms with Crippen LogP contribution >= 0.6 is 11.3 Å². The Labute approximate surface area is 176 Å². The Morgan fingerprint density at radius 1 is 1.00 bits per heavy atom. The van der Waals surface area contributed by atoms with Gasteiger partial charge < -0.3 is 14.8 Å². The Hall–Kier alpha value is -2.79. The van der Waals surface area contributed by atoms with E-state index in [1.54, 1.807) is 25.6 Å². The fraction of sp³-hybridized carbons (Fsp3) is 0.292. The summed E-state index contributed by atoms with van der Waals surface area (Å²) in [6, 6.07) is 18.0. The summed E-state index contributed by atoms with van der Waals surface area (Å²) in [4.78, 5) is 14.0. The van der Waals surface area contributed by atoms with E-state index in [4.69, 9.17) is 9.47 Å². The van der Waals surface area contributed by atoms with E-state index in [1.165, 1.54) is 5.56 Å². The molecule has 1 amide bonds. The van der Waals surface area contributed by atoms with Gasteiger partial charge in [0.05, 0.1) is 26.7 Å². The second-order valence-corrected chi connectivity index (χ2v) is 7.85. The predicted molar refractivity (Wildman–Crippen MR) is 118 cm³/mol. The summed E-state index contributed by atoms with van der Waals surface area (Å²) in [5, 5.41) is 5.24. The van der Waals surface area contributed by atoms with Gasteiger partial charge in [0.25, 0.3) is 0 Å². The molecule has 0 aliphatic carbocycles. The van der Waals surface area contributed by atoms with Crippen LogP contribution in [0.15, 0.2) is 60.0 Å². The van der Waals surface area contributed by atoms with E-state index < -0.39 is 0 Å². The van der Waals surface area contributed by atoms with Crippen LogP contribution in [0.4, 0.5) is 0 Å².